The number of hydrogen-bond acceptors (Lipinski definition) is 6. The molecule has 0 bridgehead atoms. The second kappa shape index (κ2) is 22.5. The maximum absolute atomic E-state index is 8.88. The molecule has 0 aliphatic carbocycles. The van der Waals surface area contributed by atoms with Gasteiger partial charge in [-0.15, -0.1) is 25.6 Å². The Morgan fingerprint density at radius 3 is 1.00 bits per heavy atom. The Kier molecular flexibility index (Phi) is 46.3. The van der Waals surface area contributed by atoms with Gasteiger partial charge in [-0.1, -0.05) is 0 Å². The van der Waals surface area contributed by atoms with Gasteiger partial charge in [-0.3, -0.25) is 15.4 Å². The molecule has 0 heterocycles. The van der Waals surface area contributed by atoms with Gasteiger partial charge in [0.15, 0.2) is 0 Å². The number of thiol groups is 2. The average Bonchev–Trinajstić information content (AvgIpc) is 1.96. The first kappa shape index (κ1) is 22.7. The smallest absolute Gasteiger partial charge is 0.303 e. The van der Waals surface area contributed by atoms with E-state index < -0.39 is 7.82 Å². The minimum Gasteiger partial charge on any atom is -0.303 e. The SMILES string of the molecule is NS.NS.N[S].O=P(O)(O)O. The molecule has 0 aromatic carbocycles. The van der Waals surface area contributed by atoms with E-state index in [1.165, 1.54) is 0 Å². The summed E-state index contributed by atoms with van der Waals surface area (Å²) in [7, 11) is -4.64. The fourth-order valence-electron chi connectivity index (χ4n) is 0. The number of hydrogen-bond donors (Lipinski definition) is 8. The van der Waals surface area contributed by atoms with Crippen molar-refractivity contribution in [2.75, 3.05) is 0 Å². The van der Waals surface area contributed by atoms with Gasteiger partial charge in [-0.25, -0.2) is 4.57 Å². The van der Waals surface area contributed by atoms with Gasteiger partial charge in [0, 0.05) is 12.8 Å². The molecule has 1 radical (unpaired) electrons. The van der Waals surface area contributed by atoms with Gasteiger partial charge in [0.2, 0.25) is 0 Å². The molecule has 0 saturated heterocycles. The Hall–Kier alpha value is 1.04. The largest absolute Gasteiger partial charge is 0.466 e. The molecule has 11 heavy (non-hydrogen) atoms. The van der Waals surface area contributed by atoms with Crippen LogP contribution in [0.5, 0.6) is 0 Å². The summed E-state index contributed by atoms with van der Waals surface area (Å²) >= 11 is 9.64. The van der Waals surface area contributed by atoms with Gasteiger partial charge in [-0.2, -0.15) is 0 Å². The predicted molar refractivity (Wildman–Crippen MR) is 52.4 cm³/mol. The van der Waals surface area contributed by atoms with Crippen molar-refractivity contribution in [1.82, 2.24) is 0 Å². The van der Waals surface area contributed by atoms with Crippen LogP contribution >= 0.6 is 46.3 Å². The van der Waals surface area contributed by atoms with Gasteiger partial charge in [0.1, 0.15) is 0 Å². The Morgan fingerprint density at radius 1 is 1.00 bits per heavy atom. The quantitative estimate of drug-likeness (QED) is 0.194. The maximum Gasteiger partial charge on any atom is 0.466 e. The van der Waals surface area contributed by atoms with Crippen molar-refractivity contribution < 1.29 is 19.2 Å². The van der Waals surface area contributed by atoms with E-state index in [0.29, 0.717) is 0 Å². The monoisotopic (exact) mass is 244 g/mol. The van der Waals surface area contributed by atoms with Crippen molar-refractivity contribution in [1.29, 1.82) is 0 Å². The lowest BCUT2D eigenvalue weighted by atomic mass is 14.0. The van der Waals surface area contributed by atoms with Crippen LogP contribution in [0.25, 0.3) is 0 Å². The van der Waals surface area contributed by atoms with E-state index >= 15 is 0 Å². The van der Waals surface area contributed by atoms with E-state index in [1.54, 1.807) is 0 Å². The summed E-state index contributed by atoms with van der Waals surface area (Å²) in [4.78, 5) is 21.6. The van der Waals surface area contributed by atoms with Crippen LogP contribution in [0.4, 0.5) is 0 Å². The van der Waals surface area contributed by atoms with E-state index in [-0.39, 0.29) is 0 Å². The van der Waals surface area contributed by atoms with Crippen molar-refractivity contribution in [3.63, 3.8) is 0 Å². The van der Waals surface area contributed by atoms with Crippen molar-refractivity contribution in [3.05, 3.63) is 0 Å². The molecule has 0 spiro atoms. The molecule has 0 unspecified atom stereocenters. The van der Waals surface area contributed by atoms with Crippen LogP contribution in [-0.4, -0.2) is 14.7 Å². The minimum atomic E-state index is -4.64. The summed E-state index contributed by atoms with van der Waals surface area (Å²) in [6, 6.07) is 0. The first-order chi connectivity index (χ1) is 5.00. The van der Waals surface area contributed by atoms with Crippen LogP contribution in [0, 0.1) is 0 Å². The molecule has 11 heteroatoms. The third-order valence-electron chi connectivity index (χ3n) is 0. The standard InChI is InChI=1S/2H3NS.H2NS.H3O4P/c3*1-2;1-5(2,3)4/h2*2H,1H2;1H2;(H3,1,2,3,4). The summed E-state index contributed by atoms with van der Waals surface area (Å²) in [6.07, 6.45) is 0. The van der Waals surface area contributed by atoms with Crippen molar-refractivity contribution in [3.8, 4) is 0 Å². The second-order valence-electron chi connectivity index (χ2n) is 0.513. The summed E-state index contributed by atoms with van der Waals surface area (Å²) in [5.74, 6) is 0. The normalized spacial score (nSPS) is 7.00. The third kappa shape index (κ3) is 834. The van der Waals surface area contributed by atoms with E-state index in [1.807, 2.05) is 0 Å². The molecule has 0 atom stereocenters. The molecule has 0 amide bonds. The van der Waals surface area contributed by atoms with Crippen LogP contribution in [0.3, 0.4) is 0 Å². The third-order valence-corrected chi connectivity index (χ3v) is 0. The minimum absolute atomic E-state index is 3.03. The lowest BCUT2D eigenvalue weighted by Gasteiger charge is -1.82. The van der Waals surface area contributed by atoms with Crippen LogP contribution in [-0.2, 0) is 4.57 Å². The van der Waals surface area contributed by atoms with Crippen molar-refractivity contribution >= 4 is 46.3 Å². The molecule has 0 rings (SSSR count). The first-order valence-corrected chi connectivity index (χ1v) is 4.60. The summed E-state index contributed by atoms with van der Waals surface area (Å²) in [6.45, 7) is 0. The van der Waals surface area contributed by atoms with E-state index in [4.69, 9.17) is 19.2 Å². The molecular weight excluding hydrogens is 233 g/mol. The highest BCUT2D eigenvalue weighted by Crippen LogP contribution is 2.25. The Bertz CT molecular complexity index is 66.7. The molecule has 0 fully saturated rings. The highest BCUT2D eigenvalue weighted by atomic mass is 32.1. The Labute approximate surface area is 81.2 Å². The van der Waals surface area contributed by atoms with Gasteiger partial charge < -0.3 is 14.7 Å². The molecule has 9 N–H and O–H groups in total. The van der Waals surface area contributed by atoms with Crippen LogP contribution < -0.4 is 15.4 Å². The molecule has 0 aliphatic heterocycles. The average molecular weight is 244 g/mol. The Balaban J connectivity index is -0.0000000350. The molecule has 7 nitrogen and oxygen atoms in total. The second-order valence-corrected chi connectivity index (χ2v) is 1.54. The zero-order chi connectivity index (χ0) is 10.5. The summed E-state index contributed by atoms with van der Waals surface area (Å²) < 4.78 is 8.88. The number of phosphoric acid groups is 1. The van der Waals surface area contributed by atoms with E-state index in [0.717, 1.165) is 0 Å². The Morgan fingerprint density at radius 2 is 1.00 bits per heavy atom. The van der Waals surface area contributed by atoms with E-state index in [2.05, 4.69) is 53.9 Å². The van der Waals surface area contributed by atoms with Gasteiger partial charge in [0.25, 0.3) is 0 Å². The zero-order valence-corrected chi connectivity index (χ0v) is 8.73. The van der Waals surface area contributed by atoms with Gasteiger partial charge >= 0.3 is 7.82 Å². The first-order valence-electron chi connectivity index (χ1n) is 1.53. The van der Waals surface area contributed by atoms with Crippen molar-refractivity contribution in [2.45, 2.75) is 0 Å². The molecule has 0 saturated carbocycles. The van der Waals surface area contributed by atoms with Gasteiger partial charge in [0.05, 0.1) is 0 Å². The molecule has 0 aromatic heterocycles. The van der Waals surface area contributed by atoms with Crippen LogP contribution in [0.15, 0.2) is 0 Å². The van der Waals surface area contributed by atoms with Gasteiger partial charge in [-0.05, 0) is 0 Å². The number of nitrogens with two attached hydrogens (primary N) is 3. The molecule has 0 aliphatic rings. The fraction of sp³-hybridized carbons (Fsp3) is 0. The maximum atomic E-state index is 8.88. The molecule has 73 valence electrons. The van der Waals surface area contributed by atoms with Crippen molar-refractivity contribution in [2.24, 2.45) is 15.4 Å². The predicted octanol–water partition coefficient (Wildman–Crippen LogP) is -1.29. The van der Waals surface area contributed by atoms with Crippen LogP contribution in [0.1, 0.15) is 0 Å². The molecular formula is H11N3O4PS3. The van der Waals surface area contributed by atoms with Crippen LogP contribution in [0.2, 0.25) is 0 Å². The van der Waals surface area contributed by atoms with E-state index in [9.17, 15) is 0 Å². The zero-order valence-electron chi connectivity index (χ0n) is 5.23. The molecule has 0 aromatic rings. The topological polar surface area (TPSA) is 156 Å². The lowest BCUT2D eigenvalue weighted by molar-refractivity contribution is 0.275. The fourth-order valence-corrected chi connectivity index (χ4v) is 0. The summed E-state index contributed by atoms with van der Waals surface area (Å²) in [5.41, 5.74) is 0. The highest BCUT2D eigenvalue weighted by molar-refractivity contribution is 7.78. The number of rotatable bonds is 0. The summed E-state index contributed by atoms with van der Waals surface area (Å²) in [5, 5.41) is 12.5. The lowest BCUT2D eigenvalue weighted by Crippen LogP contribution is -1.66. The highest BCUT2D eigenvalue weighted by Gasteiger charge is 2.00.